The van der Waals surface area contributed by atoms with Crippen LogP contribution in [0, 0.1) is 5.92 Å². The Kier molecular flexibility index (Phi) is 21.5. The van der Waals surface area contributed by atoms with E-state index in [0.29, 0.717) is 77.4 Å². The molecule has 6 saturated heterocycles. The van der Waals surface area contributed by atoms with Gasteiger partial charge in [0.15, 0.2) is 12.6 Å². The second-order valence-electron chi connectivity index (χ2n) is 23.9. The summed E-state index contributed by atoms with van der Waals surface area (Å²) in [6.07, 6.45) is 12.5. The number of hydrogen-bond donors (Lipinski definition) is 3. The number of ether oxygens (including phenoxy) is 2. The van der Waals surface area contributed by atoms with Crippen molar-refractivity contribution < 1.29 is 19.1 Å². The van der Waals surface area contributed by atoms with Crippen molar-refractivity contribution in [2.45, 2.75) is 82.6 Å². The summed E-state index contributed by atoms with van der Waals surface area (Å²) in [5, 5.41) is 20.0. The van der Waals surface area contributed by atoms with E-state index in [2.05, 4.69) is 111 Å². The first-order chi connectivity index (χ1) is 43.9. The van der Waals surface area contributed by atoms with Gasteiger partial charge in [-0.1, -0.05) is 122 Å². The number of nitrogens with one attached hydrogen (secondary N) is 3. The number of aromatic nitrogens is 6. The van der Waals surface area contributed by atoms with Gasteiger partial charge in [-0.15, -0.1) is 18.5 Å². The number of aldehydes is 2. The molecule has 15 rings (SSSR count). The zero-order valence-electron chi connectivity index (χ0n) is 52.1. The van der Waals surface area contributed by atoms with Crippen LogP contribution in [0.3, 0.4) is 0 Å². The summed E-state index contributed by atoms with van der Waals surface area (Å²) in [6, 6.07) is 34.6. The van der Waals surface area contributed by atoms with Crippen LogP contribution in [0.1, 0.15) is 73.1 Å². The van der Waals surface area contributed by atoms with E-state index in [4.69, 9.17) is 62.6 Å². The van der Waals surface area contributed by atoms with E-state index in [-0.39, 0.29) is 0 Å². The molecule has 4 bridgehead atoms. The molecule has 6 fully saturated rings. The van der Waals surface area contributed by atoms with E-state index in [9.17, 15) is 9.59 Å². The maximum absolute atomic E-state index is 10.2. The fourth-order valence-corrected chi connectivity index (χ4v) is 14.9. The fraction of sp³-hybridized carbons (Fsp3) is 0.391. The number of anilines is 2. The molecule has 17 nitrogen and oxygen atoms in total. The molecule has 5 aromatic carbocycles. The average Bonchev–Trinajstić information content (AvgIpc) is 1.14. The van der Waals surface area contributed by atoms with Gasteiger partial charge in [-0.2, -0.15) is 19.9 Å². The number of benzene rings is 5. The van der Waals surface area contributed by atoms with Gasteiger partial charge in [0, 0.05) is 141 Å². The van der Waals surface area contributed by atoms with Crippen LogP contribution in [-0.4, -0.2) is 170 Å². The molecule has 10 heterocycles. The number of hydrogen-bond acceptors (Lipinski definition) is 17. The molecule has 6 aliphatic heterocycles. The molecule has 0 amide bonds. The molecule has 0 spiro atoms. The van der Waals surface area contributed by atoms with Gasteiger partial charge in [0.25, 0.3) is 0 Å². The van der Waals surface area contributed by atoms with E-state index < -0.39 is 0 Å². The third-order valence-corrected chi connectivity index (χ3v) is 19.6. The molecular weight excluding hydrogens is 1210 g/mol. The van der Waals surface area contributed by atoms with Crippen LogP contribution in [0.25, 0.3) is 65.9 Å². The number of carbonyl (C=O) groups is 2. The lowest BCUT2D eigenvalue weighted by Crippen LogP contribution is -2.51. The molecule has 6 aliphatic rings. The van der Waals surface area contributed by atoms with Gasteiger partial charge in [0.1, 0.15) is 11.6 Å². The van der Waals surface area contributed by atoms with E-state index in [1.54, 1.807) is 31.4 Å². The van der Waals surface area contributed by atoms with Gasteiger partial charge >= 0.3 is 12.0 Å². The lowest BCUT2D eigenvalue weighted by Gasteiger charge is -2.34. The number of halogens is 2. The first-order valence-corrected chi connectivity index (χ1v) is 33.3. The third kappa shape index (κ3) is 14.4. The first kappa shape index (κ1) is 64.9. The van der Waals surface area contributed by atoms with Crippen molar-refractivity contribution in [1.82, 2.24) is 55.7 Å². The van der Waals surface area contributed by atoms with E-state index in [1.165, 1.54) is 45.2 Å². The van der Waals surface area contributed by atoms with Crippen molar-refractivity contribution in [2.24, 2.45) is 5.92 Å². The summed E-state index contributed by atoms with van der Waals surface area (Å²) in [6.45, 7) is 13.0. The number of piperazine rings is 2. The summed E-state index contributed by atoms with van der Waals surface area (Å²) in [7, 11) is 13.7. The quantitative estimate of drug-likeness (QED) is 0.0822. The standard InChI is InChI=1S/C29H32ClN6OP.C24H23ClN5OP.C8H6O2.C6H14N2.C2H6/c1-35-11-10-17(13-35)16-37-29-33-26-22(28(34-29)36-14-19-8-9-20(15-36)32-19)12-31-25(27(26)38)21-6-2-4-18-5-3-7-23(30)24(18)21;1-31-24-28-21-17(23(29-24)30-11-14-8-9-15(12-30)27-14)10-26-20(22(21)32)16-6-2-4-13-5-3-7-18(25)19(13)16;9-5-7-3-1-2-4-8(7)6-10;1-7-6-3-4-8(2)5-6;1-2/h2-7,12,17,19-20,32H,8-11,13-16,38H2,1H3;2-7,10,14-15,27H,8-9,11-12,32H2,1H3;1-6H;6-7H,3-5H2,1-2H3;1-2H3. The average molecular weight is 1290 g/mol. The van der Waals surface area contributed by atoms with Crippen molar-refractivity contribution in [3.8, 4) is 34.5 Å². The monoisotopic (exact) mass is 1290 g/mol. The van der Waals surface area contributed by atoms with Crippen molar-refractivity contribution in [3.63, 3.8) is 0 Å². The SMILES string of the molecule is CC.CN1CCC(COc2nc(N3CC4CCC(C3)N4)c3cnc(-c4cccc5cccc(Cl)c45)c(P)c3n2)C1.CNC1CCN(C)C1.COc1nc(N2CC3CCC(C2)N3)c2cnc(-c3cccc4cccc(Cl)c34)c(P)c2n1.O=Cc1ccccc1C=O. The molecule has 470 valence electrons. The second kappa shape index (κ2) is 29.8. The van der Waals surface area contributed by atoms with Crippen LogP contribution in [0.15, 0.2) is 109 Å². The number of pyridine rings is 2. The van der Waals surface area contributed by atoms with Gasteiger partial charge in [-0.25, -0.2) is 0 Å². The number of rotatable bonds is 11. The summed E-state index contributed by atoms with van der Waals surface area (Å²) in [4.78, 5) is 59.2. The van der Waals surface area contributed by atoms with Crippen LogP contribution >= 0.6 is 41.7 Å². The third-order valence-electron chi connectivity index (χ3n) is 17.9. The molecule has 0 aliphatic carbocycles. The van der Waals surface area contributed by atoms with E-state index in [1.807, 2.05) is 63.6 Å². The summed E-state index contributed by atoms with van der Waals surface area (Å²) < 4.78 is 11.8. The lowest BCUT2D eigenvalue weighted by molar-refractivity contribution is 0.109. The fourth-order valence-electron chi connectivity index (χ4n) is 13.4. The van der Waals surface area contributed by atoms with Crippen LogP contribution in [-0.2, 0) is 0 Å². The number of fused-ring (bicyclic) bond motifs is 8. The van der Waals surface area contributed by atoms with Crippen molar-refractivity contribution in [1.29, 1.82) is 0 Å². The molecule has 4 aromatic heterocycles. The van der Waals surface area contributed by atoms with Gasteiger partial charge in [0.05, 0.1) is 46.9 Å². The Bertz CT molecular complexity index is 3980. The molecule has 9 aromatic rings. The predicted molar refractivity (Wildman–Crippen MR) is 375 cm³/mol. The number of methoxy groups -OCH3 is 1. The smallest absolute Gasteiger partial charge is 0.318 e. The first-order valence-electron chi connectivity index (χ1n) is 31.4. The Labute approximate surface area is 542 Å². The molecule has 0 radical (unpaired) electrons. The zero-order valence-corrected chi connectivity index (χ0v) is 56.0. The minimum absolute atomic E-state index is 0.371. The number of likely N-dealkylation sites (N-methyl/N-ethyl adjacent to an activating group) is 2. The second-order valence-corrected chi connectivity index (χ2v) is 25.9. The minimum atomic E-state index is 0.371. The lowest BCUT2D eigenvalue weighted by atomic mass is 10.0. The van der Waals surface area contributed by atoms with Crippen molar-refractivity contribution >= 4 is 120 Å². The predicted octanol–water partition coefficient (Wildman–Crippen LogP) is 10.5. The molecule has 8 atom stereocenters. The highest BCUT2D eigenvalue weighted by Crippen LogP contribution is 2.39. The molecule has 90 heavy (non-hydrogen) atoms. The van der Waals surface area contributed by atoms with Crippen LogP contribution in [0.5, 0.6) is 12.0 Å². The maximum atomic E-state index is 10.2. The van der Waals surface area contributed by atoms with Crippen molar-refractivity contribution in [2.75, 3.05) is 97.0 Å². The van der Waals surface area contributed by atoms with Crippen LogP contribution in [0.4, 0.5) is 11.6 Å². The Morgan fingerprint density at radius 3 is 1.43 bits per heavy atom. The topological polar surface area (TPSA) is 179 Å². The van der Waals surface area contributed by atoms with E-state index >= 15 is 0 Å². The Morgan fingerprint density at radius 1 is 0.578 bits per heavy atom. The summed E-state index contributed by atoms with van der Waals surface area (Å²) >= 11 is 13.3. The highest BCUT2D eigenvalue weighted by atomic mass is 35.5. The summed E-state index contributed by atoms with van der Waals surface area (Å²) in [5.74, 6) is 2.31. The zero-order chi connectivity index (χ0) is 63.0. The highest BCUT2D eigenvalue weighted by molar-refractivity contribution is 7.29. The molecule has 21 heteroatoms. The molecular formula is C69H81Cl2N13O4P2. The molecule has 0 saturated carbocycles. The van der Waals surface area contributed by atoms with E-state index in [0.717, 1.165) is 145 Å². The van der Waals surface area contributed by atoms with Gasteiger partial charge in [-0.05, 0) is 95.7 Å². The Balaban J connectivity index is 0.000000143. The number of nitrogens with zero attached hydrogens (tertiary/aromatic N) is 10. The maximum Gasteiger partial charge on any atom is 0.318 e. The number of carbonyl (C=O) groups excluding carboxylic acids is 2. The molecule has 8 unspecified atom stereocenters. The number of likely N-dealkylation sites (tertiary alicyclic amines) is 2. The van der Waals surface area contributed by atoms with Gasteiger partial charge < -0.3 is 45.0 Å². The Hall–Kier alpha value is -6.62. The normalized spacial score (nSPS) is 21.0. The van der Waals surface area contributed by atoms with Crippen LogP contribution < -0.4 is 45.8 Å². The molecule has 3 N–H and O–H groups in total. The van der Waals surface area contributed by atoms with Gasteiger partial charge in [0.2, 0.25) is 0 Å². The highest BCUT2D eigenvalue weighted by Gasteiger charge is 2.36. The van der Waals surface area contributed by atoms with Crippen LogP contribution in [0.2, 0.25) is 10.0 Å². The van der Waals surface area contributed by atoms with Gasteiger partial charge in [-0.3, -0.25) is 19.6 Å². The summed E-state index contributed by atoms with van der Waals surface area (Å²) in [5.41, 5.74) is 6.25. The van der Waals surface area contributed by atoms with Crippen molar-refractivity contribution in [3.05, 3.63) is 131 Å². The largest absolute Gasteiger partial charge is 0.467 e. The Morgan fingerprint density at radius 2 is 1.02 bits per heavy atom. The minimum Gasteiger partial charge on any atom is -0.467 e.